The van der Waals surface area contributed by atoms with E-state index in [1.807, 2.05) is 13.8 Å². The summed E-state index contributed by atoms with van der Waals surface area (Å²) in [5.74, 6) is 0.215. The van der Waals surface area contributed by atoms with Gasteiger partial charge in [-0.2, -0.15) is 0 Å². The lowest BCUT2D eigenvalue weighted by atomic mass is 9.92. The molecule has 7 nitrogen and oxygen atoms in total. The molecule has 2 aromatic rings. The highest BCUT2D eigenvalue weighted by molar-refractivity contribution is 7.89. The topological polar surface area (TPSA) is 104 Å². The van der Waals surface area contributed by atoms with E-state index in [0.717, 1.165) is 12.0 Å². The molecule has 3 N–H and O–H groups in total. The van der Waals surface area contributed by atoms with E-state index in [-0.39, 0.29) is 41.6 Å². The second-order valence-corrected chi connectivity index (χ2v) is 10.4. The Labute approximate surface area is 197 Å². The van der Waals surface area contributed by atoms with Crippen LogP contribution in [0, 0.1) is 5.92 Å². The zero-order valence-corrected chi connectivity index (χ0v) is 20.8. The summed E-state index contributed by atoms with van der Waals surface area (Å²) < 4.78 is 27.4. The molecule has 0 radical (unpaired) electrons. The second-order valence-electron chi connectivity index (χ2n) is 8.62. The molecule has 0 heterocycles. The van der Waals surface area contributed by atoms with E-state index in [9.17, 15) is 18.0 Å². The van der Waals surface area contributed by atoms with Crippen LogP contribution in [0.5, 0.6) is 0 Å². The predicted octanol–water partition coefficient (Wildman–Crippen LogP) is 4.34. The third kappa shape index (κ3) is 7.98. The first kappa shape index (κ1) is 26.5. The maximum atomic E-state index is 12.5. The van der Waals surface area contributed by atoms with Gasteiger partial charge in [-0.25, -0.2) is 13.1 Å². The van der Waals surface area contributed by atoms with Crippen molar-refractivity contribution >= 4 is 27.5 Å². The van der Waals surface area contributed by atoms with Gasteiger partial charge < -0.3 is 10.6 Å². The van der Waals surface area contributed by atoms with Crippen molar-refractivity contribution in [3.05, 3.63) is 59.7 Å². The molecule has 0 bridgehead atoms. The summed E-state index contributed by atoms with van der Waals surface area (Å²) in [7, 11) is -3.76. The van der Waals surface area contributed by atoms with Crippen molar-refractivity contribution in [1.29, 1.82) is 0 Å². The minimum atomic E-state index is -3.76. The zero-order chi connectivity index (χ0) is 24.6. The predicted molar refractivity (Wildman–Crippen MR) is 131 cm³/mol. The first-order valence-corrected chi connectivity index (χ1v) is 12.8. The van der Waals surface area contributed by atoms with Crippen LogP contribution >= 0.6 is 0 Å². The van der Waals surface area contributed by atoms with E-state index in [2.05, 4.69) is 53.5 Å². The highest BCUT2D eigenvalue weighted by Crippen LogP contribution is 2.25. The maximum Gasteiger partial charge on any atom is 0.240 e. The quantitative estimate of drug-likeness (QED) is 0.451. The lowest BCUT2D eigenvalue weighted by molar-refractivity contribution is -0.122. The first-order valence-electron chi connectivity index (χ1n) is 11.3. The molecule has 0 aliphatic heterocycles. The molecule has 0 aromatic heterocycles. The van der Waals surface area contributed by atoms with Crippen LogP contribution in [0.2, 0.25) is 0 Å². The van der Waals surface area contributed by atoms with Gasteiger partial charge in [0.1, 0.15) is 0 Å². The molecule has 0 fully saturated rings. The third-order valence-corrected chi connectivity index (χ3v) is 7.07. The van der Waals surface area contributed by atoms with Crippen molar-refractivity contribution in [2.75, 3.05) is 11.9 Å². The smallest absolute Gasteiger partial charge is 0.240 e. The van der Waals surface area contributed by atoms with Gasteiger partial charge in [-0.15, -0.1) is 0 Å². The van der Waals surface area contributed by atoms with Gasteiger partial charge >= 0.3 is 0 Å². The Morgan fingerprint density at radius 2 is 1.48 bits per heavy atom. The lowest BCUT2D eigenvalue weighted by Gasteiger charge is -2.23. The number of carbonyl (C=O) groups is 2. The van der Waals surface area contributed by atoms with Crippen LogP contribution in [0.15, 0.2) is 53.4 Å². The Morgan fingerprint density at radius 3 is 2.00 bits per heavy atom. The number of hydrogen-bond acceptors (Lipinski definition) is 4. The lowest BCUT2D eigenvalue weighted by Crippen LogP contribution is -2.34. The van der Waals surface area contributed by atoms with E-state index in [1.165, 1.54) is 36.8 Å². The van der Waals surface area contributed by atoms with Crippen LogP contribution in [0.3, 0.4) is 0 Å². The van der Waals surface area contributed by atoms with Crippen LogP contribution in [0.25, 0.3) is 0 Å². The molecule has 8 heteroatoms. The Hall–Kier alpha value is -2.71. The maximum absolute atomic E-state index is 12.5. The molecule has 0 saturated carbocycles. The van der Waals surface area contributed by atoms with Crippen LogP contribution in [0.4, 0.5) is 5.69 Å². The van der Waals surface area contributed by atoms with Gasteiger partial charge in [0.2, 0.25) is 21.8 Å². The highest BCUT2D eigenvalue weighted by Gasteiger charge is 2.20. The van der Waals surface area contributed by atoms with Gasteiger partial charge in [-0.1, -0.05) is 52.0 Å². The van der Waals surface area contributed by atoms with Gasteiger partial charge in [0.05, 0.1) is 10.9 Å². The second kappa shape index (κ2) is 12.0. The van der Waals surface area contributed by atoms with E-state index >= 15 is 0 Å². The standard InChI is InChI=1S/C25H35N3O4S/c1-6-18(4)20-7-9-21(10-8-20)25(17(2)3)28-24(30)15-16-26-33(31,32)23-13-11-22(12-14-23)27-19(5)29/h7-14,17-18,25-26H,6,15-16H2,1-5H3,(H,27,29)(H,28,30)/t18-,25+/m0/s1. The number of carbonyl (C=O) groups excluding carboxylic acids is 2. The van der Waals surface area contributed by atoms with Crippen molar-refractivity contribution in [3.63, 3.8) is 0 Å². The van der Waals surface area contributed by atoms with Crippen LogP contribution < -0.4 is 15.4 Å². The minimum absolute atomic E-state index is 0.0145. The van der Waals surface area contributed by atoms with Crippen LogP contribution in [0.1, 0.15) is 70.5 Å². The van der Waals surface area contributed by atoms with Crippen LogP contribution in [-0.2, 0) is 19.6 Å². The molecule has 180 valence electrons. The summed E-state index contributed by atoms with van der Waals surface area (Å²) in [6, 6.07) is 14.0. The monoisotopic (exact) mass is 473 g/mol. The largest absolute Gasteiger partial charge is 0.349 e. The van der Waals surface area contributed by atoms with Gasteiger partial charge in [-0.3, -0.25) is 9.59 Å². The fourth-order valence-electron chi connectivity index (χ4n) is 3.45. The Balaban J connectivity index is 1.93. The van der Waals surface area contributed by atoms with Gasteiger partial charge in [-0.05, 0) is 53.6 Å². The molecule has 0 spiro atoms. The summed E-state index contributed by atoms with van der Waals surface area (Å²) in [6.07, 6.45) is 1.09. The van der Waals surface area contributed by atoms with Gasteiger partial charge in [0.15, 0.2) is 0 Å². The molecular weight excluding hydrogens is 438 g/mol. The fourth-order valence-corrected chi connectivity index (χ4v) is 4.48. The Bertz CT molecular complexity index is 1030. The number of sulfonamides is 1. The van der Waals surface area contributed by atoms with Crippen molar-refractivity contribution in [2.45, 2.75) is 64.3 Å². The summed E-state index contributed by atoms with van der Waals surface area (Å²) >= 11 is 0. The Kier molecular flexibility index (Phi) is 9.61. The number of hydrogen-bond donors (Lipinski definition) is 3. The summed E-state index contributed by atoms with van der Waals surface area (Å²) in [6.45, 7) is 9.80. The van der Waals surface area contributed by atoms with E-state index < -0.39 is 10.0 Å². The molecule has 0 aliphatic carbocycles. The van der Waals surface area contributed by atoms with Crippen molar-refractivity contribution < 1.29 is 18.0 Å². The fraction of sp³-hybridized carbons (Fsp3) is 0.440. The molecule has 2 amide bonds. The normalized spacial score (nSPS) is 13.4. The highest BCUT2D eigenvalue weighted by atomic mass is 32.2. The molecule has 0 aliphatic rings. The zero-order valence-electron chi connectivity index (χ0n) is 20.0. The molecule has 2 rings (SSSR count). The number of nitrogens with one attached hydrogen (secondary N) is 3. The van der Waals surface area contributed by atoms with Crippen molar-refractivity contribution in [2.24, 2.45) is 5.92 Å². The Morgan fingerprint density at radius 1 is 0.909 bits per heavy atom. The van der Waals surface area contributed by atoms with Crippen molar-refractivity contribution in [1.82, 2.24) is 10.0 Å². The summed E-state index contributed by atoms with van der Waals surface area (Å²) in [4.78, 5) is 23.7. The summed E-state index contributed by atoms with van der Waals surface area (Å²) in [5, 5.41) is 5.62. The minimum Gasteiger partial charge on any atom is -0.349 e. The summed E-state index contributed by atoms with van der Waals surface area (Å²) in [5.41, 5.74) is 2.82. The van der Waals surface area contributed by atoms with E-state index in [0.29, 0.717) is 11.6 Å². The number of rotatable bonds is 11. The third-order valence-electron chi connectivity index (χ3n) is 5.59. The van der Waals surface area contributed by atoms with E-state index in [1.54, 1.807) is 0 Å². The molecule has 0 unspecified atom stereocenters. The number of amides is 2. The van der Waals surface area contributed by atoms with Crippen molar-refractivity contribution in [3.8, 4) is 0 Å². The van der Waals surface area contributed by atoms with E-state index in [4.69, 9.17) is 0 Å². The average Bonchev–Trinajstić information content (AvgIpc) is 2.76. The molecular formula is C25H35N3O4S. The van der Waals surface area contributed by atoms with Gasteiger partial charge in [0.25, 0.3) is 0 Å². The number of benzene rings is 2. The molecule has 0 saturated heterocycles. The average molecular weight is 474 g/mol. The number of anilines is 1. The first-order chi connectivity index (χ1) is 15.5. The van der Waals surface area contributed by atoms with Crippen LogP contribution in [-0.4, -0.2) is 26.8 Å². The van der Waals surface area contributed by atoms with Gasteiger partial charge in [0, 0.05) is 25.6 Å². The molecule has 2 atom stereocenters. The molecule has 2 aromatic carbocycles. The SMILES string of the molecule is CC[C@H](C)c1ccc([C@H](NC(=O)CCNS(=O)(=O)c2ccc(NC(C)=O)cc2)C(C)C)cc1. The molecule has 33 heavy (non-hydrogen) atoms.